The van der Waals surface area contributed by atoms with Gasteiger partial charge in [-0.1, -0.05) is 17.7 Å². The highest BCUT2D eigenvalue weighted by atomic mass is 35.5. The summed E-state index contributed by atoms with van der Waals surface area (Å²) in [5.74, 6) is 0.248. The van der Waals surface area contributed by atoms with E-state index in [0.29, 0.717) is 17.2 Å². The van der Waals surface area contributed by atoms with E-state index < -0.39 is 0 Å². The van der Waals surface area contributed by atoms with E-state index in [-0.39, 0.29) is 5.97 Å². The second-order valence-electron chi connectivity index (χ2n) is 3.53. The molecule has 1 heterocycles. The van der Waals surface area contributed by atoms with Gasteiger partial charge in [-0.15, -0.1) is 0 Å². The Balaban J connectivity index is 2.01. The van der Waals surface area contributed by atoms with Crippen molar-refractivity contribution in [1.29, 1.82) is 0 Å². The van der Waals surface area contributed by atoms with Crippen molar-refractivity contribution in [2.24, 2.45) is 0 Å². The Bertz CT molecular complexity index is 412. The van der Waals surface area contributed by atoms with Crippen LogP contribution in [0, 0.1) is 0 Å². The number of rotatable bonds is 2. The molecule has 0 radical (unpaired) electrons. The number of hydrogen-bond acceptors (Lipinski definition) is 3. The van der Waals surface area contributed by atoms with Crippen LogP contribution in [0.15, 0.2) is 35.9 Å². The van der Waals surface area contributed by atoms with Crippen molar-refractivity contribution in [3.63, 3.8) is 0 Å². The van der Waals surface area contributed by atoms with E-state index in [1.807, 2.05) is 6.08 Å². The molecule has 1 aliphatic rings. The molecular weight excluding hydrogens is 226 g/mol. The first-order chi connectivity index (χ1) is 7.75. The number of hydrogen-bond donors (Lipinski definition) is 1. The quantitative estimate of drug-likeness (QED) is 0.633. The molecule has 3 nitrogen and oxygen atoms in total. The molecule has 0 amide bonds. The molecule has 1 aromatic carbocycles. The molecule has 1 aromatic rings. The van der Waals surface area contributed by atoms with E-state index >= 15 is 0 Å². The monoisotopic (exact) mass is 237 g/mol. The summed E-state index contributed by atoms with van der Waals surface area (Å²) >= 11 is 5.74. The maximum atomic E-state index is 11.7. The Hall–Kier alpha value is -1.32. The Kier molecular flexibility index (Phi) is 3.59. The molecule has 4 heteroatoms. The maximum Gasteiger partial charge on any atom is 0.339 e. The van der Waals surface area contributed by atoms with Crippen molar-refractivity contribution in [1.82, 2.24) is 5.32 Å². The van der Waals surface area contributed by atoms with Crippen LogP contribution in [0.5, 0.6) is 5.75 Å². The van der Waals surface area contributed by atoms with Gasteiger partial charge in [-0.2, -0.15) is 0 Å². The van der Waals surface area contributed by atoms with Gasteiger partial charge < -0.3 is 10.1 Å². The predicted molar refractivity (Wildman–Crippen MR) is 62.7 cm³/mol. The van der Waals surface area contributed by atoms with Crippen LogP contribution >= 0.6 is 11.6 Å². The minimum atomic E-state index is -0.274. The van der Waals surface area contributed by atoms with Gasteiger partial charge in [-0.25, -0.2) is 4.79 Å². The molecule has 1 aliphatic heterocycles. The summed E-state index contributed by atoms with van der Waals surface area (Å²) in [7, 11) is 0. The van der Waals surface area contributed by atoms with Gasteiger partial charge in [-0.3, -0.25) is 0 Å². The number of esters is 1. The van der Waals surface area contributed by atoms with Crippen molar-refractivity contribution >= 4 is 17.6 Å². The molecule has 0 atom stereocenters. The van der Waals surface area contributed by atoms with Crippen molar-refractivity contribution in [3.05, 3.63) is 40.9 Å². The van der Waals surface area contributed by atoms with Gasteiger partial charge >= 0.3 is 5.97 Å². The Morgan fingerprint density at radius 3 is 2.69 bits per heavy atom. The molecule has 0 fully saturated rings. The molecule has 0 aliphatic carbocycles. The summed E-state index contributed by atoms with van der Waals surface area (Å²) in [4.78, 5) is 11.7. The molecule has 0 saturated heterocycles. The van der Waals surface area contributed by atoms with E-state index in [9.17, 15) is 4.79 Å². The van der Waals surface area contributed by atoms with E-state index in [1.165, 1.54) is 0 Å². The van der Waals surface area contributed by atoms with Crippen LogP contribution in [0.25, 0.3) is 0 Å². The molecular formula is C12H12ClNO2. The van der Waals surface area contributed by atoms with E-state index in [2.05, 4.69) is 5.32 Å². The fraction of sp³-hybridized carbons (Fsp3) is 0.250. The first kappa shape index (κ1) is 11.2. The zero-order valence-electron chi connectivity index (χ0n) is 8.70. The van der Waals surface area contributed by atoms with Crippen molar-refractivity contribution < 1.29 is 9.53 Å². The minimum absolute atomic E-state index is 0.274. The van der Waals surface area contributed by atoms with Gasteiger partial charge in [0, 0.05) is 17.1 Å². The molecule has 1 N–H and O–H groups in total. The van der Waals surface area contributed by atoms with Gasteiger partial charge in [0.15, 0.2) is 0 Å². The fourth-order valence-corrected chi connectivity index (χ4v) is 1.61. The van der Waals surface area contributed by atoms with Crippen molar-refractivity contribution in [2.45, 2.75) is 6.42 Å². The van der Waals surface area contributed by atoms with Crippen LogP contribution in [-0.4, -0.2) is 19.1 Å². The molecule has 0 saturated carbocycles. The van der Waals surface area contributed by atoms with Crippen LogP contribution in [0.3, 0.4) is 0 Å². The average Bonchev–Trinajstić information content (AvgIpc) is 2.33. The highest BCUT2D eigenvalue weighted by Gasteiger charge is 2.13. The number of benzene rings is 1. The minimum Gasteiger partial charge on any atom is -0.423 e. The number of carbonyl (C=O) groups excluding carboxylic acids is 1. The lowest BCUT2D eigenvalue weighted by Gasteiger charge is -2.12. The van der Waals surface area contributed by atoms with Crippen LogP contribution < -0.4 is 10.1 Å². The first-order valence-corrected chi connectivity index (χ1v) is 5.51. The molecule has 0 aromatic heterocycles. The van der Waals surface area contributed by atoms with Crippen LogP contribution in [0.4, 0.5) is 0 Å². The normalized spacial score (nSPS) is 15.4. The second kappa shape index (κ2) is 5.14. The van der Waals surface area contributed by atoms with Crippen LogP contribution in [-0.2, 0) is 4.79 Å². The molecule has 16 heavy (non-hydrogen) atoms. The molecule has 0 spiro atoms. The number of ether oxygens (including phenoxy) is 1. The van der Waals surface area contributed by atoms with Gasteiger partial charge in [0.2, 0.25) is 0 Å². The van der Waals surface area contributed by atoms with Crippen LogP contribution in [0.1, 0.15) is 6.42 Å². The number of nitrogens with one attached hydrogen (secondary N) is 1. The zero-order valence-corrected chi connectivity index (χ0v) is 9.46. The predicted octanol–water partition coefficient (Wildman–Crippen LogP) is 2.17. The Morgan fingerprint density at radius 1 is 1.31 bits per heavy atom. The molecule has 2 rings (SSSR count). The summed E-state index contributed by atoms with van der Waals surface area (Å²) in [5, 5.41) is 3.77. The molecule has 84 valence electrons. The lowest BCUT2D eigenvalue weighted by Crippen LogP contribution is -2.25. The highest BCUT2D eigenvalue weighted by Crippen LogP contribution is 2.17. The molecule has 0 unspecified atom stereocenters. The summed E-state index contributed by atoms with van der Waals surface area (Å²) in [5.41, 5.74) is 0.730. The SMILES string of the molecule is O=C(Oc1ccc(Cl)cc1)C1=CCNCC1. The number of carbonyl (C=O) groups is 1. The Labute approximate surface area is 99.1 Å². The fourth-order valence-electron chi connectivity index (χ4n) is 1.48. The summed E-state index contributed by atoms with van der Waals surface area (Å²) in [6, 6.07) is 6.76. The summed E-state index contributed by atoms with van der Waals surface area (Å²) in [6.45, 7) is 1.55. The molecule has 0 bridgehead atoms. The topological polar surface area (TPSA) is 38.3 Å². The Morgan fingerprint density at radius 2 is 2.06 bits per heavy atom. The maximum absolute atomic E-state index is 11.7. The zero-order chi connectivity index (χ0) is 11.4. The van der Waals surface area contributed by atoms with Crippen molar-refractivity contribution in [2.75, 3.05) is 13.1 Å². The third-order valence-electron chi connectivity index (χ3n) is 2.35. The van der Waals surface area contributed by atoms with Gasteiger partial charge in [0.1, 0.15) is 5.75 Å². The van der Waals surface area contributed by atoms with Gasteiger partial charge in [0.25, 0.3) is 0 Å². The smallest absolute Gasteiger partial charge is 0.339 e. The summed E-state index contributed by atoms with van der Waals surface area (Å²) < 4.78 is 5.22. The largest absolute Gasteiger partial charge is 0.423 e. The van der Waals surface area contributed by atoms with Crippen LogP contribution in [0.2, 0.25) is 5.02 Å². The second-order valence-corrected chi connectivity index (χ2v) is 3.96. The third-order valence-corrected chi connectivity index (χ3v) is 2.60. The lowest BCUT2D eigenvalue weighted by molar-refractivity contribution is -0.130. The average molecular weight is 238 g/mol. The van der Waals surface area contributed by atoms with E-state index in [1.54, 1.807) is 24.3 Å². The third kappa shape index (κ3) is 2.84. The van der Waals surface area contributed by atoms with Gasteiger partial charge in [0.05, 0.1) is 0 Å². The van der Waals surface area contributed by atoms with Gasteiger partial charge in [-0.05, 0) is 37.2 Å². The number of halogens is 1. The van der Waals surface area contributed by atoms with Crippen molar-refractivity contribution in [3.8, 4) is 5.75 Å². The first-order valence-electron chi connectivity index (χ1n) is 5.13. The van der Waals surface area contributed by atoms with E-state index in [4.69, 9.17) is 16.3 Å². The van der Waals surface area contributed by atoms with E-state index in [0.717, 1.165) is 18.7 Å². The summed E-state index contributed by atoms with van der Waals surface area (Å²) in [6.07, 6.45) is 2.58. The highest BCUT2D eigenvalue weighted by molar-refractivity contribution is 6.30. The standard InChI is InChI=1S/C12H12ClNO2/c13-10-1-3-11(4-2-10)16-12(15)9-5-7-14-8-6-9/h1-5,14H,6-8H2. The lowest BCUT2D eigenvalue weighted by atomic mass is 10.1.